The molecule has 26 heavy (non-hydrogen) atoms. The Morgan fingerprint density at radius 1 is 1.27 bits per heavy atom. The molecule has 2 aromatic carbocycles. The third-order valence-corrected chi connectivity index (χ3v) is 6.56. The molecule has 138 valence electrons. The molecule has 0 saturated carbocycles. The highest BCUT2D eigenvalue weighted by atomic mass is 32.2. The molecule has 1 aliphatic heterocycles. The SMILES string of the molecule is CCc1ccc2c(c1)CC(C)N2S(=O)(=O)c1ccc(O)c(C(=O)OC)c1. The minimum absolute atomic E-state index is 0.0602. The summed E-state index contributed by atoms with van der Waals surface area (Å²) in [4.78, 5) is 11.7. The molecule has 1 aliphatic rings. The lowest BCUT2D eigenvalue weighted by atomic mass is 10.1. The van der Waals surface area contributed by atoms with Crippen LogP contribution in [0.4, 0.5) is 5.69 Å². The number of ether oxygens (including phenoxy) is 1. The van der Waals surface area contributed by atoms with E-state index in [0.29, 0.717) is 12.1 Å². The van der Waals surface area contributed by atoms with Gasteiger partial charge in [0.05, 0.1) is 17.7 Å². The van der Waals surface area contributed by atoms with E-state index in [4.69, 9.17) is 0 Å². The molecular weight excluding hydrogens is 354 g/mol. The minimum Gasteiger partial charge on any atom is -0.507 e. The molecule has 0 aliphatic carbocycles. The number of carbonyl (C=O) groups excluding carboxylic acids is 1. The number of anilines is 1. The number of aromatic hydroxyl groups is 1. The van der Waals surface area contributed by atoms with Crippen molar-refractivity contribution in [3.8, 4) is 5.75 Å². The van der Waals surface area contributed by atoms with Crippen LogP contribution in [0.3, 0.4) is 0 Å². The Morgan fingerprint density at radius 2 is 2.00 bits per heavy atom. The van der Waals surface area contributed by atoms with Crippen molar-refractivity contribution in [1.82, 2.24) is 0 Å². The van der Waals surface area contributed by atoms with Crippen LogP contribution in [0.2, 0.25) is 0 Å². The number of phenolic OH excluding ortho intramolecular Hbond substituents is 1. The molecule has 7 heteroatoms. The van der Waals surface area contributed by atoms with Gasteiger partial charge in [-0.1, -0.05) is 19.1 Å². The second-order valence-electron chi connectivity index (χ2n) is 6.34. The normalized spacial score (nSPS) is 16.4. The number of sulfonamides is 1. The van der Waals surface area contributed by atoms with Crippen LogP contribution in [-0.4, -0.2) is 32.6 Å². The summed E-state index contributed by atoms with van der Waals surface area (Å²) in [6, 6.07) is 9.20. The van der Waals surface area contributed by atoms with Crippen molar-refractivity contribution in [2.75, 3.05) is 11.4 Å². The number of nitrogens with zero attached hydrogens (tertiary/aromatic N) is 1. The van der Waals surface area contributed by atoms with E-state index in [1.54, 1.807) is 0 Å². The minimum atomic E-state index is -3.89. The lowest BCUT2D eigenvalue weighted by molar-refractivity contribution is 0.0597. The number of rotatable bonds is 4. The molecule has 2 aromatic rings. The quantitative estimate of drug-likeness (QED) is 0.831. The summed E-state index contributed by atoms with van der Waals surface area (Å²) in [5.41, 5.74) is 2.63. The zero-order valence-corrected chi connectivity index (χ0v) is 15.7. The van der Waals surface area contributed by atoms with Crippen LogP contribution in [0.5, 0.6) is 5.75 Å². The van der Waals surface area contributed by atoms with Crippen LogP contribution in [0.1, 0.15) is 35.3 Å². The van der Waals surface area contributed by atoms with Gasteiger partial charge in [-0.2, -0.15) is 0 Å². The van der Waals surface area contributed by atoms with Crippen LogP contribution in [0, 0.1) is 0 Å². The highest BCUT2D eigenvalue weighted by Crippen LogP contribution is 2.38. The van der Waals surface area contributed by atoms with Crippen molar-refractivity contribution < 1.29 is 23.1 Å². The number of hydrogen-bond donors (Lipinski definition) is 1. The topological polar surface area (TPSA) is 83.9 Å². The third-order valence-electron chi connectivity index (χ3n) is 4.64. The van der Waals surface area contributed by atoms with Gasteiger partial charge in [0.25, 0.3) is 10.0 Å². The Balaban J connectivity index is 2.09. The first-order chi connectivity index (χ1) is 12.3. The predicted molar refractivity (Wildman–Crippen MR) is 98.1 cm³/mol. The van der Waals surface area contributed by atoms with Crippen molar-refractivity contribution in [3.63, 3.8) is 0 Å². The van der Waals surface area contributed by atoms with Gasteiger partial charge in [0.2, 0.25) is 0 Å². The second kappa shape index (κ2) is 6.64. The highest BCUT2D eigenvalue weighted by molar-refractivity contribution is 7.92. The lowest BCUT2D eigenvalue weighted by Crippen LogP contribution is -2.35. The molecule has 1 unspecified atom stereocenters. The van der Waals surface area contributed by atoms with Crippen molar-refractivity contribution in [1.29, 1.82) is 0 Å². The highest BCUT2D eigenvalue weighted by Gasteiger charge is 2.36. The number of esters is 1. The average molecular weight is 375 g/mol. The van der Waals surface area contributed by atoms with Gasteiger partial charge in [-0.05, 0) is 55.2 Å². The molecule has 3 rings (SSSR count). The number of phenols is 1. The largest absolute Gasteiger partial charge is 0.507 e. The number of hydrogen-bond acceptors (Lipinski definition) is 5. The first-order valence-corrected chi connectivity index (χ1v) is 9.81. The summed E-state index contributed by atoms with van der Waals surface area (Å²) in [6.07, 6.45) is 1.51. The molecule has 1 heterocycles. The van der Waals surface area contributed by atoms with E-state index in [1.807, 2.05) is 25.1 Å². The fraction of sp³-hybridized carbons (Fsp3) is 0.316. The second-order valence-corrected chi connectivity index (χ2v) is 8.16. The number of carbonyl (C=O) groups is 1. The Labute approximate surface area is 153 Å². The summed E-state index contributed by atoms with van der Waals surface area (Å²) in [5, 5.41) is 9.83. The van der Waals surface area contributed by atoms with Gasteiger partial charge in [-0.25, -0.2) is 13.2 Å². The Hall–Kier alpha value is -2.54. The lowest BCUT2D eigenvalue weighted by Gasteiger charge is -2.24. The molecule has 0 bridgehead atoms. The molecular formula is C19H21NO5S. The molecule has 1 atom stereocenters. The summed E-state index contributed by atoms with van der Waals surface area (Å²) in [5.74, 6) is -1.11. The van der Waals surface area contributed by atoms with Crippen LogP contribution in [-0.2, 0) is 27.6 Å². The maximum Gasteiger partial charge on any atom is 0.341 e. The monoisotopic (exact) mass is 375 g/mol. The predicted octanol–water partition coefficient (Wildman–Crippen LogP) is 2.88. The zero-order valence-electron chi connectivity index (χ0n) is 14.9. The Kier molecular flexibility index (Phi) is 4.66. The van der Waals surface area contributed by atoms with Crippen LogP contribution in [0.25, 0.3) is 0 Å². The van der Waals surface area contributed by atoms with E-state index in [9.17, 15) is 18.3 Å². The number of methoxy groups -OCH3 is 1. The van der Waals surface area contributed by atoms with Gasteiger partial charge in [-0.15, -0.1) is 0 Å². The van der Waals surface area contributed by atoms with Gasteiger partial charge in [0.15, 0.2) is 0 Å². The van der Waals surface area contributed by atoms with Gasteiger partial charge in [0.1, 0.15) is 11.3 Å². The molecule has 6 nitrogen and oxygen atoms in total. The standard InChI is InChI=1S/C19H21NO5S/c1-4-13-5-7-17-14(10-13)9-12(2)20(17)26(23,24)15-6-8-18(21)16(11-15)19(22)25-3/h5-8,10-12,21H,4,9H2,1-3H3. The molecule has 1 N–H and O–H groups in total. The van der Waals surface area contributed by atoms with Crippen molar-refractivity contribution in [3.05, 3.63) is 53.1 Å². The van der Waals surface area contributed by atoms with E-state index in [-0.39, 0.29) is 22.3 Å². The van der Waals surface area contributed by atoms with Crippen molar-refractivity contribution >= 4 is 21.7 Å². The maximum absolute atomic E-state index is 13.2. The van der Waals surface area contributed by atoms with E-state index in [2.05, 4.69) is 11.7 Å². The fourth-order valence-electron chi connectivity index (χ4n) is 3.30. The molecule has 0 radical (unpaired) electrons. The van der Waals surface area contributed by atoms with Crippen LogP contribution in [0.15, 0.2) is 41.3 Å². The zero-order chi connectivity index (χ0) is 19.1. The number of aryl methyl sites for hydroxylation is 1. The first kappa shape index (κ1) is 18.3. The first-order valence-electron chi connectivity index (χ1n) is 8.37. The Bertz CT molecular complexity index is 968. The fourth-order valence-corrected chi connectivity index (χ4v) is 5.02. The van der Waals surface area contributed by atoms with Crippen LogP contribution >= 0.6 is 0 Å². The summed E-state index contributed by atoms with van der Waals surface area (Å²) >= 11 is 0. The summed E-state index contributed by atoms with van der Waals surface area (Å²) in [7, 11) is -2.71. The number of benzene rings is 2. The van der Waals surface area contributed by atoms with Gasteiger partial charge >= 0.3 is 5.97 Å². The molecule has 0 saturated heterocycles. The van der Waals surface area contributed by atoms with Gasteiger partial charge < -0.3 is 9.84 Å². The molecule has 0 spiro atoms. The third kappa shape index (κ3) is 2.92. The molecule has 0 amide bonds. The molecule has 0 fully saturated rings. The Morgan fingerprint density at radius 3 is 2.65 bits per heavy atom. The van der Waals surface area contributed by atoms with E-state index in [0.717, 1.165) is 23.6 Å². The average Bonchev–Trinajstić information content (AvgIpc) is 2.96. The smallest absolute Gasteiger partial charge is 0.341 e. The molecule has 0 aromatic heterocycles. The van der Waals surface area contributed by atoms with Gasteiger partial charge in [0, 0.05) is 6.04 Å². The van der Waals surface area contributed by atoms with E-state index >= 15 is 0 Å². The van der Waals surface area contributed by atoms with E-state index < -0.39 is 16.0 Å². The van der Waals surface area contributed by atoms with Crippen molar-refractivity contribution in [2.24, 2.45) is 0 Å². The number of fused-ring (bicyclic) bond motifs is 1. The van der Waals surface area contributed by atoms with Crippen LogP contribution < -0.4 is 4.31 Å². The van der Waals surface area contributed by atoms with Crippen molar-refractivity contribution in [2.45, 2.75) is 37.6 Å². The maximum atomic E-state index is 13.2. The summed E-state index contributed by atoms with van der Waals surface area (Å²) < 4.78 is 32.4. The van der Waals surface area contributed by atoms with E-state index in [1.165, 1.54) is 23.5 Å². The summed E-state index contributed by atoms with van der Waals surface area (Å²) in [6.45, 7) is 3.91. The van der Waals surface area contributed by atoms with Gasteiger partial charge in [-0.3, -0.25) is 4.31 Å².